The van der Waals surface area contributed by atoms with Gasteiger partial charge in [-0.25, -0.2) is 0 Å². The highest BCUT2D eigenvalue weighted by Crippen LogP contribution is 2.28. The van der Waals surface area contributed by atoms with E-state index in [-0.39, 0.29) is 0 Å². The minimum Gasteiger partial charge on any atom is -0.508 e. The molecule has 2 aromatic carbocycles. The van der Waals surface area contributed by atoms with Gasteiger partial charge in [0.05, 0.1) is 0 Å². The van der Waals surface area contributed by atoms with Crippen LogP contribution in [0.1, 0.15) is 18.1 Å². The molecule has 0 unspecified atom stereocenters. The van der Waals surface area contributed by atoms with Crippen LogP contribution < -0.4 is 0 Å². The molecule has 0 heterocycles. The van der Waals surface area contributed by atoms with Crippen molar-refractivity contribution in [3.05, 3.63) is 53.6 Å². The lowest BCUT2D eigenvalue weighted by Gasteiger charge is -2.09. The zero-order chi connectivity index (χ0) is 11.5. The molecule has 0 aliphatic heterocycles. The molecule has 1 N–H and O–H groups in total. The summed E-state index contributed by atoms with van der Waals surface area (Å²) in [5.41, 5.74) is 4.69. The Morgan fingerprint density at radius 2 is 1.81 bits per heavy atom. The number of aromatic hydroxyl groups is 1. The fourth-order valence-electron chi connectivity index (χ4n) is 1.93. The molecule has 0 saturated carbocycles. The Morgan fingerprint density at radius 1 is 1.06 bits per heavy atom. The van der Waals surface area contributed by atoms with Gasteiger partial charge in [-0.1, -0.05) is 37.3 Å². The lowest BCUT2D eigenvalue weighted by atomic mass is 9.97. The van der Waals surface area contributed by atoms with E-state index in [4.69, 9.17) is 0 Å². The zero-order valence-corrected chi connectivity index (χ0v) is 9.70. The second-order valence-electron chi connectivity index (χ2n) is 4.01. The molecule has 0 aliphatic rings. The van der Waals surface area contributed by atoms with Gasteiger partial charge in [-0.3, -0.25) is 0 Å². The van der Waals surface area contributed by atoms with Crippen molar-refractivity contribution >= 4 is 0 Å². The van der Waals surface area contributed by atoms with E-state index >= 15 is 0 Å². The maximum Gasteiger partial charge on any atom is 0.118 e. The zero-order valence-electron chi connectivity index (χ0n) is 9.70. The molecule has 1 heteroatoms. The number of phenols is 1. The van der Waals surface area contributed by atoms with E-state index in [1.807, 2.05) is 19.1 Å². The van der Waals surface area contributed by atoms with Crippen LogP contribution >= 0.6 is 0 Å². The summed E-state index contributed by atoms with van der Waals surface area (Å²) in [6.07, 6.45) is 1.02. The SMILES string of the molecule is CCc1ccccc1-c1ccc(O)c(C)c1. The molecule has 2 aromatic rings. The molecule has 0 amide bonds. The van der Waals surface area contributed by atoms with Crippen molar-refractivity contribution in [2.24, 2.45) is 0 Å². The molecule has 16 heavy (non-hydrogen) atoms. The lowest BCUT2D eigenvalue weighted by Crippen LogP contribution is -1.87. The largest absolute Gasteiger partial charge is 0.508 e. The van der Waals surface area contributed by atoms with Crippen LogP contribution in [0.4, 0.5) is 0 Å². The first-order chi connectivity index (χ1) is 7.72. The number of aryl methyl sites for hydroxylation is 2. The molecule has 2 rings (SSSR count). The summed E-state index contributed by atoms with van der Waals surface area (Å²) in [6, 6.07) is 14.2. The minimum atomic E-state index is 0.359. The Hall–Kier alpha value is -1.76. The smallest absolute Gasteiger partial charge is 0.118 e. The Balaban J connectivity index is 2.54. The number of benzene rings is 2. The van der Waals surface area contributed by atoms with Crippen LogP contribution in [0, 0.1) is 6.92 Å². The maximum atomic E-state index is 9.52. The van der Waals surface area contributed by atoms with E-state index in [1.54, 1.807) is 6.07 Å². The van der Waals surface area contributed by atoms with Crippen LogP contribution in [-0.4, -0.2) is 5.11 Å². The summed E-state index contributed by atoms with van der Waals surface area (Å²) in [6.45, 7) is 4.08. The average molecular weight is 212 g/mol. The predicted molar refractivity (Wildman–Crippen MR) is 67.7 cm³/mol. The molecule has 0 aromatic heterocycles. The molecular weight excluding hydrogens is 196 g/mol. The minimum absolute atomic E-state index is 0.359. The van der Waals surface area contributed by atoms with E-state index < -0.39 is 0 Å². The molecule has 1 nitrogen and oxygen atoms in total. The monoisotopic (exact) mass is 212 g/mol. The van der Waals surface area contributed by atoms with E-state index in [2.05, 4.69) is 31.2 Å². The lowest BCUT2D eigenvalue weighted by molar-refractivity contribution is 0.471. The molecule has 0 saturated heterocycles. The molecule has 0 aliphatic carbocycles. The predicted octanol–water partition coefficient (Wildman–Crippen LogP) is 3.93. The van der Waals surface area contributed by atoms with Crippen molar-refractivity contribution in [1.82, 2.24) is 0 Å². The number of hydrogen-bond acceptors (Lipinski definition) is 1. The summed E-state index contributed by atoms with van der Waals surface area (Å²) in [4.78, 5) is 0. The van der Waals surface area contributed by atoms with E-state index in [1.165, 1.54) is 16.7 Å². The van der Waals surface area contributed by atoms with Crippen LogP contribution in [0.2, 0.25) is 0 Å². The van der Waals surface area contributed by atoms with Crippen LogP contribution in [0.25, 0.3) is 11.1 Å². The van der Waals surface area contributed by atoms with E-state index in [9.17, 15) is 5.11 Å². The highest BCUT2D eigenvalue weighted by Gasteiger charge is 2.04. The van der Waals surface area contributed by atoms with Gasteiger partial charge in [-0.15, -0.1) is 0 Å². The van der Waals surface area contributed by atoms with Gasteiger partial charge in [-0.2, -0.15) is 0 Å². The number of hydrogen-bond donors (Lipinski definition) is 1. The third kappa shape index (κ3) is 1.94. The molecule has 0 radical (unpaired) electrons. The van der Waals surface area contributed by atoms with Crippen LogP contribution in [-0.2, 0) is 6.42 Å². The number of phenolic OH excluding ortho intramolecular Hbond substituents is 1. The molecule has 0 atom stereocenters. The van der Waals surface area contributed by atoms with Crippen molar-refractivity contribution in [3.63, 3.8) is 0 Å². The summed E-state index contributed by atoms with van der Waals surface area (Å²) in [5.74, 6) is 0.359. The van der Waals surface area contributed by atoms with Crippen LogP contribution in [0.15, 0.2) is 42.5 Å². The van der Waals surface area contributed by atoms with Crippen molar-refractivity contribution in [2.45, 2.75) is 20.3 Å². The fraction of sp³-hybridized carbons (Fsp3) is 0.200. The summed E-state index contributed by atoms with van der Waals surface area (Å²) < 4.78 is 0. The van der Waals surface area contributed by atoms with Crippen molar-refractivity contribution in [1.29, 1.82) is 0 Å². The van der Waals surface area contributed by atoms with Gasteiger partial charge in [-0.05, 0) is 47.7 Å². The highest BCUT2D eigenvalue weighted by atomic mass is 16.3. The highest BCUT2D eigenvalue weighted by molar-refractivity contribution is 5.69. The van der Waals surface area contributed by atoms with E-state index in [0.29, 0.717) is 5.75 Å². The molecule has 0 spiro atoms. The first-order valence-corrected chi connectivity index (χ1v) is 5.60. The first-order valence-electron chi connectivity index (χ1n) is 5.60. The Labute approximate surface area is 96.4 Å². The van der Waals surface area contributed by atoms with Crippen molar-refractivity contribution < 1.29 is 5.11 Å². The van der Waals surface area contributed by atoms with Gasteiger partial charge in [0.25, 0.3) is 0 Å². The van der Waals surface area contributed by atoms with Gasteiger partial charge >= 0.3 is 0 Å². The quantitative estimate of drug-likeness (QED) is 0.799. The average Bonchev–Trinajstić information content (AvgIpc) is 2.32. The molecule has 0 bridgehead atoms. The van der Waals surface area contributed by atoms with Crippen molar-refractivity contribution in [2.75, 3.05) is 0 Å². The normalized spacial score (nSPS) is 10.4. The van der Waals surface area contributed by atoms with E-state index in [0.717, 1.165) is 12.0 Å². The van der Waals surface area contributed by atoms with Crippen LogP contribution in [0.5, 0.6) is 5.75 Å². The molecule has 0 fully saturated rings. The second kappa shape index (κ2) is 4.40. The van der Waals surface area contributed by atoms with Crippen LogP contribution in [0.3, 0.4) is 0 Å². The Bertz CT molecular complexity index is 501. The fourth-order valence-corrected chi connectivity index (χ4v) is 1.93. The third-order valence-electron chi connectivity index (χ3n) is 2.91. The van der Waals surface area contributed by atoms with Gasteiger partial charge in [0.2, 0.25) is 0 Å². The molecule has 82 valence electrons. The molecular formula is C15H16O. The Morgan fingerprint density at radius 3 is 2.50 bits per heavy atom. The number of rotatable bonds is 2. The standard InChI is InChI=1S/C15H16O/c1-3-12-6-4-5-7-14(12)13-8-9-15(16)11(2)10-13/h4-10,16H,3H2,1-2H3. The summed E-state index contributed by atoms with van der Waals surface area (Å²) >= 11 is 0. The van der Waals surface area contributed by atoms with Gasteiger partial charge in [0.15, 0.2) is 0 Å². The maximum absolute atomic E-state index is 9.52. The summed E-state index contributed by atoms with van der Waals surface area (Å²) in [5, 5.41) is 9.52. The summed E-state index contributed by atoms with van der Waals surface area (Å²) in [7, 11) is 0. The second-order valence-corrected chi connectivity index (χ2v) is 4.01. The van der Waals surface area contributed by atoms with Gasteiger partial charge < -0.3 is 5.11 Å². The first kappa shape index (κ1) is 10.7. The van der Waals surface area contributed by atoms with Gasteiger partial charge in [0, 0.05) is 0 Å². The Kier molecular flexibility index (Phi) is 2.95. The topological polar surface area (TPSA) is 20.2 Å². The van der Waals surface area contributed by atoms with Crippen molar-refractivity contribution in [3.8, 4) is 16.9 Å². The van der Waals surface area contributed by atoms with Gasteiger partial charge in [0.1, 0.15) is 5.75 Å². The third-order valence-corrected chi connectivity index (χ3v) is 2.91.